The van der Waals surface area contributed by atoms with Gasteiger partial charge in [0.05, 0.1) is 12.3 Å². The van der Waals surface area contributed by atoms with E-state index in [9.17, 15) is 15.0 Å². The molecule has 1 aliphatic rings. The van der Waals surface area contributed by atoms with Crippen LogP contribution in [0.4, 0.5) is 0 Å². The lowest BCUT2D eigenvalue weighted by Crippen LogP contribution is -2.29. The number of aryl methyl sites for hydroxylation is 1. The Kier molecular flexibility index (Phi) is 4.18. The molecule has 0 spiro atoms. The summed E-state index contributed by atoms with van der Waals surface area (Å²) in [6.07, 6.45) is 0.773. The highest BCUT2D eigenvalue weighted by Gasteiger charge is 2.35. The summed E-state index contributed by atoms with van der Waals surface area (Å²) in [6, 6.07) is 0. The van der Waals surface area contributed by atoms with Gasteiger partial charge in [-0.15, -0.1) is 0 Å². The Morgan fingerprint density at radius 3 is 2.58 bits per heavy atom. The fourth-order valence-corrected chi connectivity index (χ4v) is 3.47. The van der Waals surface area contributed by atoms with Gasteiger partial charge in [0.1, 0.15) is 17.4 Å². The first kappa shape index (κ1) is 16.7. The summed E-state index contributed by atoms with van der Waals surface area (Å²) in [5.74, 6) is -0.230. The molecule has 0 unspecified atom stereocenters. The molecule has 2 aromatic heterocycles. The summed E-state index contributed by atoms with van der Waals surface area (Å²) in [6.45, 7) is 6.33. The fraction of sp³-hybridized carbons (Fsp3) is 0.438. The van der Waals surface area contributed by atoms with Gasteiger partial charge in [-0.2, -0.15) is 0 Å². The molecule has 7 nitrogen and oxygen atoms in total. The smallest absolute Gasteiger partial charge is 0.264 e. The molecule has 0 saturated carbocycles. The molecule has 1 atom stereocenters. The number of hydrogen-bond donors (Lipinski definition) is 2. The van der Waals surface area contributed by atoms with E-state index in [0.717, 1.165) is 0 Å². The van der Waals surface area contributed by atoms with Crippen LogP contribution in [0.3, 0.4) is 0 Å². The second kappa shape index (κ2) is 6.03. The van der Waals surface area contributed by atoms with Gasteiger partial charge in [0.2, 0.25) is 5.88 Å². The molecule has 3 heterocycles. The Balaban J connectivity index is 2.33. The minimum absolute atomic E-state index is 0.0117. The number of aromatic hydroxyl groups is 2. The van der Waals surface area contributed by atoms with E-state index in [-0.39, 0.29) is 28.6 Å². The van der Waals surface area contributed by atoms with Gasteiger partial charge in [0.15, 0.2) is 4.77 Å². The topological polar surface area (TPSA) is 89.5 Å². The first-order valence-electron chi connectivity index (χ1n) is 7.77. The number of hydrogen-bond acceptors (Lipinski definition) is 6. The lowest BCUT2D eigenvalue weighted by atomic mass is 10.00. The highest BCUT2D eigenvalue weighted by Crippen LogP contribution is 2.42. The number of pyridine rings is 1. The molecule has 0 aliphatic carbocycles. The molecule has 0 fully saturated rings. The molecule has 2 N–H and O–H groups in total. The molecule has 0 bridgehead atoms. The lowest BCUT2D eigenvalue weighted by molar-refractivity contribution is 0.0884. The maximum atomic E-state index is 12.8. The zero-order valence-electron chi connectivity index (χ0n) is 13.7. The number of ether oxygens (including phenoxy) is 1. The monoisotopic (exact) mass is 349 g/mol. The summed E-state index contributed by atoms with van der Waals surface area (Å²) < 4.78 is 8.89. The maximum Gasteiger partial charge on any atom is 0.264 e. The van der Waals surface area contributed by atoms with Gasteiger partial charge < -0.3 is 14.9 Å². The first-order chi connectivity index (χ1) is 11.4. The molecule has 0 aromatic carbocycles. The van der Waals surface area contributed by atoms with E-state index in [1.165, 1.54) is 9.13 Å². The van der Waals surface area contributed by atoms with Crippen LogP contribution in [0.2, 0.25) is 0 Å². The zero-order chi connectivity index (χ0) is 17.6. The molecule has 0 amide bonds. The number of rotatable bonds is 3. The Hall–Kier alpha value is -2.19. The predicted octanol–water partition coefficient (Wildman–Crippen LogP) is 2.15. The fourth-order valence-electron chi connectivity index (χ4n) is 3.05. The van der Waals surface area contributed by atoms with Crippen LogP contribution in [-0.4, -0.2) is 24.3 Å². The summed E-state index contributed by atoms with van der Waals surface area (Å²) in [5, 5.41) is 21.0. The lowest BCUT2D eigenvalue weighted by Gasteiger charge is -2.19. The molecule has 24 heavy (non-hydrogen) atoms. The minimum Gasteiger partial charge on any atom is -0.506 e. The summed E-state index contributed by atoms with van der Waals surface area (Å²) in [7, 11) is 0. The van der Waals surface area contributed by atoms with Gasteiger partial charge in [-0.3, -0.25) is 18.9 Å². The van der Waals surface area contributed by atoms with Crippen molar-refractivity contribution in [3.05, 3.63) is 43.7 Å². The standard InChI is InChI=1S/C16H19N3O4S/c1-4-18-14(21)11(15(22)19(5-2)16(18)24)13-10-9(7-23-13)6-17-8(3)12(10)20/h6,13,20-21H,4-5,7H2,1-3H3/t13-/m1/s1. The molecule has 1 aliphatic heterocycles. The van der Waals surface area contributed by atoms with Crippen molar-refractivity contribution in [1.82, 2.24) is 14.1 Å². The van der Waals surface area contributed by atoms with Crippen LogP contribution in [0.25, 0.3) is 0 Å². The van der Waals surface area contributed by atoms with Gasteiger partial charge >= 0.3 is 0 Å². The van der Waals surface area contributed by atoms with Crippen LogP contribution in [0, 0.1) is 11.7 Å². The van der Waals surface area contributed by atoms with Crippen LogP contribution < -0.4 is 5.56 Å². The van der Waals surface area contributed by atoms with Crippen molar-refractivity contribution >= 4 is 12.2 Å². The van der Waals surface area contributed by atoms with Gasteiger partial charge in [-0.25, -0.2) is 0 Å². The summed E-state index contributed by atoms with van der Waals surface area (Å²) in [5.41, 5.74) is 1.32. The van der Waals surface area contributed by atoms with E-state index in [0.29, 0.717) is 29.9 Å². The van der Waals surface area contributed by atoms with Crippen LogP contribution in [0.15, 0.2) is 11.0 Å². The van der Waals surface area contributed by atoms with Crippen molar-refractivity contribution in [2.45, 2.75) is 46.6 Å². The normalized spacial score (nSPS) is 16.4. The molecule has 128 valence electrons. The van der Waals surface area contributed by atoms with Crippen LogP contribution in [0.5, 0.6) is 11.6 Å². The maximum absolute atomic E-state index is 12.8. The van der Waals surface area contributed by atoms with Crippen molar-refractivity contribution in [2.75, 3.05) is 0 Å². The molecule has 8 heteroatoms. The Bertz CT molecular complexity index is 932. The summed E-state index contributed by atoms with van der Waals surface area (Å²) in [4.78, 5) is 17.0. The van der Waals surface area contributed by atoms with Crippen molar-refractivity contribution in [1.29, 1.82) is 0 Å². The highest BCUT2D eigenvalue weighted by atomic mass is 32.1. The molecule has 0 radical (unpaired) electrons. The van der Waals surface area contributed by atoms with Crippen LogP contribution in [0.1, 0.15) is 42.3 Å². The number of nitrogens with zero attached hydrogens (tertiary/aromatic N) is 3. The summed E-state index contributed by atoms with van der Waals surface area (Å²) >= 11 is 5.29. The van der Waals surface area contributed by atoms with E-state index < -0.39 is 11.7 Å². The van der Waals surface area contributed by atoms with E-state index in [2.05, 4.69) is 4.98 Å². The van der Waals surface area contributed by atoms with Crippen molar-refractivity contribution in [3.63, 3.8) is 0 Å². The van der Waals surface area contributed by atoms with Gasteiger partial charge in [0.25, 0.3) is 5.56 Å². The highest BCUT2D eigenvalue weighted by molar-refractivity contribution is 7.71. The average Bonchev–Trinajstić information content (AvgIpc) is 2.96. The zero-order valence-corrected chi connectivity index (χ0v) is 14.6. The minimum atomic E-state index is -0.847. The Morgan fingerprint density at radius 1 is 1.29 bits per heavy atom. The largest absolute Gasteiger partial charge is 0.506 e. The molecule has 2 aromatic rings. The van der Waals surface area contributed by atoms with Gasteiger partial charge in [-0.1, -0.05) is 0 Å². The van der Waals surface area contributed by atoms with E-state index in [4.69, 9.17) is 17.0 Å². The van der Waals surface area contributed by atoms with Crippen molar-refractivity contribution < 1.29 is 14.9 Å². The third-order valence-corrected chi connectivity index (χ3v) is 4.79. The quantitative estimate of drug-likeness (QED) is 0.826. The van der Waals surface area contributed by atoms with E-state index in [1.807, 2.05) is 13.8 Å². The van der Waals surface area contributed by atoms with Gasteiger partial charge in [0, 0.05) is 30.4 Å². The Morgan fingerprint density at radius 2 is 1.96 bits per heavy atom. The van der Waals surface area contributed by atoms with E-state index in [1.54, 1.807) is 13.1 Å². The van der Waals surface area contributed by atoms with Crippen LogP contribution >= 0.6 is 12.2 Å². The SMILES string of the molecule is CCn1c(O)c([C@@H]2OCc3cnc(C)c(O)c32)c(=O)n(CC)c1=S. The third kappa shape index (κ3) is 2.25. The van der Waals surface area contributed by atoms with E-state index >= 15 is 0 Å². The Labute approximate surface area is 143 Å². The average molecular weight is 349 g/mol. The van der Waals surface area contributed by atoms with Gasteiger partial charge in [-0.05, 0) is 33.0 Å². The molecular formula is C16H19N3O4S. The van der Waals surface area contributed by atoms with Crippen molar-refractivity contribution in [3.8, 4) is 11.6 Å². The van der Waals surface area contributed by atoms with Crippen molar-refractivity contribution in [2.24, 2.45) is 0 Å². The molecular weight excluding hydrogens is 330 g/mol. The number of aromatic nitrogens is 3. The third-order valence-electron chi connectivity index (χ3n) is 4.35. The second-order valence-electron chi connectivity index (χ2n) is 5.64. The van der Waals surface area contributed by atoms with Crippen LogP contribution in [-0.2, 0) is 24.4 Å². The predicted molar refractivity (Wildman–Crippen MR) is 89.8 cm³/mol. The number of fused-ring (bicyclic) bond motifs is 1. The second-order valence-corrected chi connectivity index (χ2v) is 6.00. The molecule has 3 rings (SSSR count). The first-order valence-corrected chi connectivity index (χ1v) is 8.18. The molecule has 0 saturated heterocycles.